The number of ether oxygens (including phenoxy) is 1. The zero-order chi connectivity index (χ0) is 18.1. The SMILES string of the molecule is CC(C)c1cccc([C@H]2[C@@H]3CN(C(=O)[C@H]4C[C@]5(COC(=O)N5)C4)C[C@@H]32)c1. The number of carbonyl (C=O) groups is 2. The standard InChI is InChI=1S/C21H26N2O3/c1-12(2)13-4-3-5-14(6-13)18-16-9-23(10-17(16)18)19(24)15-7-21(8-15)11-26-20(25)22-21/h3-6,12,15-18H,7-11H2,1-2H3,(H,22,25)/t15-,16-,17+,18+,21+. The van der Waals surface area contributed by atoms with Crippen LogP contribution in [0.25, 0.3) is 0 Å². The van der Waals surface area contributed by atoms with Gasteiger partial charge in [0, 0.05) is 19.0 Å². The Kier molecular flexibility index (Phi) is 3.40. The van der Waals surface area contributed by atoms with Crippen LogP contribution in [0, 0.1) is 17.8 Å². The fraction of sp³-hybridized carbons (Fsp3) is 0.619. The van der Waals surface area contributed by atoms with E-state index < -0.39 is 0 Å². The lowest BCUT2D eigenvalue weighted by atomic mass is 9.68. The first-order valence-electron chi connectivity index (χ1n) is 9.79. The first-order chi connectivity index (χ1) is 12.5. The summed E-state index contributed by atoms with van der Waals surface area (Å²) in [5.74, 6) is 2.77. The van der Waals surface area contributed by atoms with Gasteiger partial charge >= 0.3 is 6.09 Å². The zero-order valence-corrected chi connectivity index (χ0v) is 15.4. The molecule has 2 saturated carbocycles. The van der Waals surface area contributed by atoms with E-state index in [1.165, 1.54) is 11.1 Å². The van der Waals surface area contributed by atoms with Crippen molar-refractivity contribution < 1.29 is 14.3 Å². The molecule has 0 radical (unpaired) electrons. The molecule has 1 aromatic carbocycles. The van der Waals surface area contributed by atoms with Crippen molar-refractivity contribution in [3.63, 3.8) is 0 Å². The lowest BCUT2D eigenvalue weighted by Gasteiger charge is -2.43. The number of piperidine rings is 1. The minimum Gasteiger partial charge on any atom is -0.447 e. The summed E-state index contributed by atoms with van der Waals surface area (Å²) in [4.78, 5) is 26.1. The lowest BCUT2D eigenvalue weighted by Crippen LogP contribution is -2.58. The van der Waals surface area contributed by atoms with Gasteiger partial charge in [-0.25, -0.2) is 4.79 Å². The molecule has 26 heavy (non-hydrogen) atoms. The van der Waals surface area contributed by atoms with Crippen molar-refractivity contribution in [1.82, 2.24) is 10.2 Å². The highest BCUT2D eigenvalue weighted by Gasteiger charge is 2.59. The van der Waals surface area contributed by atoms with Crippen LogP contribution in [0.1, 0.15) is 49.7 Å². The van der Waals surface area contributed by atoms with Gasteiger partial charge in [0.15, 0.2) is 0 Å². The van der Waals surface area contributed by atoms with E-state index in [1.54, 1.807) is 0 Å². The van der Waals surface area contributed by atoms with Gasteiger partial charge < -0.3 is 15.0 Å². The minimum absolute atomic E-state index is 0.0530. The number of rotatable bonds is 3. The van der Waals surface area contributed by atoms with Gasteiger partial charge in [-0.1, -0.05) is 38.1 Å². The van der Waals surface area contributed by atoms with E-state index in [1.807, 2.05) is 0 Å². The molecule has 2 aliphatic carbocycles. The summed E-state index contributed by atoms with van der Waals surface area (Å²) in [6.07, 6.45) is 1.11. The molecule has 1 N–H and O–H groups in total. The minimum atomic E-state index is -0.343. The van der Waals surface area contributed by atoms with Crippen LogP contribution in [0.3, 0.4) is 0 Å². The highest BCUT2D eigenvalue weighted by atomic mass is 16.6. The summed E-state index contributed by atoms with van der Waals surface area (Å²) >= 11 is 0. The van der Waals surface area contributed by atoms with E-state index in [0.29, 0.717) is 30.3 Å². The van der Waals surface area contributed by atoms with Crippen LogP contribution in [-0.2, 0) is 9.53 Å². The van der Waals surface area contributed by atoms with Crippen molar-refractivity contribution in [3.8, 4) is 0 Å². The largest absolute Gasteiger partial charge is 0.447 e. The molecule has 0 unspecified atom stereocenters. The second-order valence-electron chi connectivity index (χ2n) is 9.01. The van der Waals surface area contributed by atoms with Crippen LogP contribution < -0.4 is 5.32 Å². The Balaban J connectivity index is 1.18. The molecule has 1 spiro atoms. The van der Waals surface area contributed by atoms with E-state index in [9.17, 15) is 9.59 Å². The second-order valence-corrected chi connectivity index (χ2v) is 9.01. The van der Waals surface area contributed by atoms with Crippen LogP contribution >= 0.6 is 0 Å². The predicted octanol–water partition coefficient (Wildman–Crippen LogP) is 2.87. The average Bonchev–Trinajstić information content (AvgIpc) is 2.94. The summed E-state index contributed by atoms with van der Waals surface area (Å²) in [6, 6.07) is 8.99. The number of nitrogens with zero attached hydrogens (tertiary/aromatic N) is 1. The molecule has 4 fully saturated rings. The Morgan fingerprint density at radius 3 is 2.62 bits per heavy atom. The van der Waals surface area contributed by atoms with Crippen LogP contribution in [0.15, 0.2) is 24.3 Å². The molecular formula is C21H26N2O3. The number of likely N-dealkylation sites (tertiary alicyclic amines) is 1. The summed E-state index contributed by atoms with van der Waals surface area (Å²) in [5, 5.41) is 2.87. The van der Waals surface area contributed by atoms with E-state index in [-0.39, 0.29) is 23.5 Å². The van der Waals surface area contributed by atoms with Crippen molar-refractivity contribution in [2.75, 3.05) is 19.7 Å². The molecule has 2 heterocycles. The van der Waals surface area contributed by atoms with Gasteiger partial charge in [-0.2, -0.15) is 0 Å². The summed E-state index contributed by atoms with van der Waals surface area (Å²) in [6.45, 7) is 6.67. The maximum Gasteiger partial charge on any atom is 0.407 e. The number of hydrogen-bond acceptors (Lipinski definition) is 3. The number of fused-ring (bicyclic) bond motifs is 1. The molecule has 3 atom stereocenters. The molecule has 0 aromatic heterocycles. The number of benzene rings is 1. The van der Waals surface area contributed by atoms with Gasteiger partial charge in [-0.3, -0.25) is 4.79 Å². The van der Waals surface area contributed by atoms with E-state index in [2.05, 4.69) is 48.3 Å². The van der Waals surface area contributed by atoms with Crippen LogP contribution in [0.4, 0.5) is 4.79 Å². The van der Waals surface area contributed by atoms with Gasteiger partial charge in [0.2, 0.25) is 5.91 Å². The Morgan fingerprint density at radius 2 is 2.00 bits per heavy atom. The van der Waals surface area contributed by atoms with Crippen molar-refractivity contribution in [3.05, 3.63) is 35.4 Å². The second kappa shape index (κ2) is 5.48. The number of hydrogen-bond donors (Lipinski definition) is 1. The molecule has 4 aliphatic rings. The van der Waals surface area contributed by atoms with Gasteiger partial charge in [0.1, 0.15) is 6.61 Å². The summed E-state index contributed by atoms with van der Waals surface area (Å²) in [5.41, 5.74) is 2.59. The summed E-state index contributed by atoms with van der Waals surface area (Å²) < 4.78 is 5.00. The van der Waals surface area contributed by atoms with E-state index >= 15 is 0 Å². The summed E-state index contributed by atoms with van der Waals surface area (Å²) in [7, 11) is 0. The molecule has 138 valence electrons. The van der Waals surface area contributed by atoms with Crippen molar-refractivity contribution in [1.29, 1.82) is 0 Å². The zero-order valence-electron chi connectivity index (χ0n) is 15.4. The number of carbonyl (C=O) groups excluding carboxylic acids is 2. The Hall–Kier alpha value is -2.04. The fourth-order valence-electron chi connectivity index (χ4n) is 5.35. The molecule has 1 aromatic rings. The fourth-order valence-corrected chi connectivity index (χ4v) is 5.35. The van der Waals surface area contributed by atoms with Crippen molar-refractivity contribution >= 4 is 12.0 Å². The van der Waals surface area contributed by atoms with Gasteiger partial charge in [-0.05, 0) is 47.6 Å². The number of alkyl carbamates (subject to hydrolysis) is 1. The predicted molar refractivity (Wildman–Crippen MR) is 96.8 cm³/mol. The molecular weight excluding hydrogens is 328 g/mol. The van der Waals surface area contributed by atoms with Crippen molar-refractivity contribution in [2.45, 2.75) is 44.1 Å². The lowest BCUT2D eigenvalue weighted by molar-refractivity contribution is -0.140. The number of nitrogens with one attached hydrogen (secondary N) is 1. The monoisotopic (exact) mass is 354 g/mol. The van der Waals surface area contributed by atoms with Crippen LogP contribution in [-0.4, -0.2) is 42.1 Å². The average molecular weight is 354 g/mol. The number of amides is 2. The molecule has 5 rings (SSSR count). The Bertz CT molecular complexity index is 756. The molecule has 5 heteroatoms. The Morgan fingerprint density at radius 1 is 1.27 bits per heavy atom. The maximum atomic E-state index is 12.8. The smallest absolute Gasteiger partial charge is 0.407 e. The Labute approximate surface area is 154 Å². The first kappa shape index (κ1) is 16.2. The van der Waals surface area contributed by atoms with Crippen LogP contribution in [0.5, 0.6) is 0 Å². The molecule has 5 nitrogen and oxygen atoms in total. The highest BCUT2D eigenvalue weighted by molar-refractivity contribution is 5.82. The normalized spacial score (nSPS) is 37.3. The van der Waals surface area contributed by atoms with Crippen molar-refractivity contribution in [2.24, 2.45) is 17.8 Å². The van der Waals surface area contributed by atoms with Gasteiger partial charge in [0.25, 0.3) is 0 Å². The van der Waals surface area contributed by atoms with Gasteiger partial charge in [-0.15, -0.1) is 0 Å². The van der Waals surface area contributed by atoms with Gasteiger partial charge in [0.05, 0.1) is 5.54 Å². The highest BCUT2D eigenvalue weighted by Crippen LogP contribution is 2.59. The van der Waals surface area contributed by atoms with E-state index in [0.717, 1.165) is 25.9 Å². The quantitative estimate of drug-likeness (QED) is 0.908. The molecule has 2 amide bonds. The first-order valence-corrected chi connectivity index (χ1v) is 9.79. The van der Waals surface area contributed by atoms with Crippen LogP contribution in [0.2, 0.25) is 0 Å². The third kappa shape index (κ3) is 2.43. The number of cyclic esters (lactones) is 1. The molecule has 0 bridgehead atoms. The maximum absolute atomic E-state index is 12.8. The molecule has 2 aliphatic heterocycles. The molecule has 2 saturated heterocycles. The van der Waals surface area contributed by atoms with E-state index in [4.69, 9.17) is 4.74 Å². The topological polar surface area (TPSA) is 58.6 Å². The third-order valence-corrected chi connectivity index (χ3v) is 6.94. The third-order valence-electron chi connectivity index (χ3n) is 6.94.